The van der Waals surface area contributed by atoms with E-state index < -0.39 is 0 Å². The monoisotopic (exact) mass is 776 g/mol. The summed E-state index contributed by atoms with van der Waals surface area (Å²) in [5, 5.41) is 16.2. The number of nitrogens with zero attached hydrogens (tertiary/aromatic N) is 2. The van der Waals surface area contributed by atoms with Gasteiger partial charge in [-0.05, 0) is 81.4 Å². The first kappa shape index (κ1) is 43.1. The fraction of sp³-hybridized carbons (Fsp3) is 0.320. The van der Waals surface area contributed by atoms with Crippen LogP contribution in [0.25, 0.3) is 0 Å². The molecule has 58 heavy (non-hydrogen) atoms. The summed E-state index contributed by atoms with van der Waals surface area (Å²) in [6.07, 6.45) is 11.4. The third kappa shape index (κ3) is 11.1. The van der Waals surface area contributed by atoms with E-state index in [-0.39, 0.29) is 33.2 Å². The van der Waals surface area contributed by atoms with E-state index in [2.05, 4.69) is 115 Å². The standard InChI is InChI=1S/C50H60N6O2/c1-47(2,3)39-27-35(28-40(43(39)57)48(4,5)6)45(53-37-19-15-13-16-20-37)55-51-31-33-23-25-34(26-24-33)32-52-56-46(54-38-21-17-14-18-22-38)36-29-41(49(7,8)9)44(58)42(30-36)50(10,11)12/h13-32,53-56H,1-12H3. The van der Waals surface area contributed by atoms with Crippen LogP contribution in [0.15, 0.2) is 165 Å². The molecule has 0 bridgehead atoms. The molecular weight excluding hydrogens is 717 g/mol. The molecule has 0 amide bonds. The van der Waals surface area contributed by atoms with Crippen LogP contribution < -0.4 is 21.5 Å². The van der Waals surface area contributed by atoms with Gasteiger partial charge in [0.05, 0.1) is 12.4 Å². The molecule has 5 rings (SSSR count). The van der Waals surface area contributed by atoms with Gasteiger partial charge in [-0.25, -0.2) is 0 Å². The molecule has 0 heterocycles. The highest BCUT2D eigenvalue weighted by atomic mass is 16.1. The maximum Gasteiger partial charge on any atom is 0.186 e. The van der Waals surface area contributed by atoms with Gasteiger partial charge >= 0.3 is 0 Å². The van der Waals surface area contributed by atoms with Crippen molar-refractivity contribution in [1.82, 2.24) is 10.9 Å². The van der Waals surface area contributed by atoms with E-state index in [1.165, 1.54) is 0 Å². The second kappa shape index (κ2) is 17.2. The van der Waals surface area contributed by atoms with Crippen molar-refractivity contribution in [2.75, 3.05) is 10.6 Å². The Morgan fingerprint density at radius 2 is 0.707 bits per heavy atom. The number of Topliss-reactive ketones (excluding diaryl/α,β-unsaturated/α-hetero) is 2. The van der Waals surface area contributed by atoms with E-state index in [0.29, 0.717) is 11.6 Å². The number of allylic oxidation sites excluding steroid dienone is 10. The lowest BCUT2D eigenvalue weighted by atomic mass is 9.72. The fourth-order valence-corrected chi connectivity index (χ4v) is 6.45. The predicted octanol–water partition coefficient (Wildman–Crippen LogP) is 11.2. The average Bonchev–Trinajstić information content (AvgIpc) is 3.14. The summed E-state index contributed by atoms with van der Waals surface area (Å²) < 4.78 is 0. The minimum absolute atomic E-state index is 0.0777. The molecule has 0 aromatic heterocycles. The summed E-state index contributed by atoms with van der Waals surface area (Å²) in [7, 11) is 0. The molecule has 0 atom stereocenters. The average molecular weight is 777 g/mol. The van der Waals surface area contributed by atoms with Gasteiger partial charge in [-0.15, -0.1) is 0 Å². The number of anilines is 2. The molecule has 0 saturated carbocycles. The van der Waals surface area contributed by atoms with Crippen LogP contribution in [0.2, 0.25) is 0 Å². The molecule has 3 aromatic rings. The highest BCUT2D eigenvalue weighted by Crippen LogP contribution is 2.41. The lowest BCUT2D eigenvalue weighted by Gasteiger charge is -2.32. The summed E-state index contributed by atoms with van der Waals surface area (Å²) in [6.45, 7) is 24.8. The minimum atomic E-state index is -0.346. The molecule has 0 spiro atoms. The Morgan fingerprint density at radius 1 is 0.431 bits per heavy atom. The Morgan fingerprint density at radius 3 is 0.966 bits per heavy atom. The van der Waals surface area contributed by atoms with Gasteiger partial charge in [-0.2, -0.15) is 10.2 Å². The van der Waals surface area contributed by atoms with Gasteiger partial charge < -0.3 is 10.6 Å². The van der Waals surface area contributed by atoms with Crippen molar-refractivity contribution in [2.45, 2.75) is 83.1 Å². The van der Waals surface area contributed by atoms with Crippen molar-refractivity contribution in [3.8, 4) is 0 Å². The fourth-order valence-electron chi connectivity index (χ4n) is 6.45. The van der Waals surface area contributed by atoms with Gasteiger partial charge in [-0.3, -0.25) is 20.4 Å². The SMILES string of the molecule is CC(C)(C)C1=CC(=C(NN=Cc2ccc(C=NNC(Nc3ccccc3)=C3C=C(C(C)(C)C)C(=O)C(C(C)(C)C)=C3)cc2)Nc2ccccc2)C=C(C(C)(C)C)C1=O. The number of carbonyl (C=O) groups excluding carboxylic acids is 2. The van der Waals surface area contributed by atoms with Gasteiger partial charge in [0.1, 0.15) is 11.6 Å². The third-order valence-corrected chi connectivity index (χ3v) is 9.79. The van der Waals surface area contributed by atoms with Gasteiger partial charge in [0.15, 0.2) is 11.6 Å². The summed E-state index contributed by atoms with van der Waals surface area (Å²) >= 11 is 0. The number of nitrogens with one attached hydrogen (secondary N) is 4. The lowest BCUT2D eigenvalue weighted by Crippen LogP contribution is -2.29. The minimum Gasteiger partial charge on any atom is -0.340 e. The quantitative estimate of drug-likeness (QED) is 0.121. The smallest absolute Gasteiger partial charge is 0.186 e. The van der Waals surface area contributed by atoms with Crippen LogP contribution in [0.4, 0.5) is 11.4 Å². The van der Waals surface area contributed by atoms with Crippen LogP contribution in [0, 0.1) is 21.7 Å². The molecule has 0 radical (unpaired) electrons. The van der Waals surface area contributed by atoms with Crippen LogP contribution in [0.3, 0.4) is 0 Å². The Kier molecular flexibility index (Phi) is 12.8. The van der Waals surface area contributed by atoms with Crippen LogP contribution in [-0.4, -0.2) is 24.0 Å². The van der Waals surface area contributed by atoms with Crippen molar-refractivity contribution >= 4 is 35.4 Å². The molecule has 2 aliphatic carbocycles. The second-order valence-electron chi connectivity index (χ2n) is 18.9. The van der Waals surface area contributed by atoms with Crippen molar-refractivity contribution in [1.29, 1.82) is 0 Å². The molecule has 3 aromatic carbocycles. The molecular formula is C50H60N6O2. The van der Waals surface area contributed by atoms with Crippen LogP contribution in [-0.2, 0) is 9.59 Å². The van der Waals surface area contributed by atoms with Crippen molar-refractivity contribution in [3.05, 3.63) is 165 Å². The summed E-state index contributed by atoms with van der Waals surface area (Å²) in [4.78, 5) is 27.3. The zero-order valence-electron chi connectivity index (χ0n) is 36.3. The largest absolute Gasteiger partial charge is 0.340 e. The molecule has 2 aliphatic rings. The van der Waals surface area contributed by atoms with Gasteiger partial charge in [0.2, 0.25) is 0 Å². The van der Waals surface area contributed by atoms with E-state index in [9.17, 15) is 9.59 Å². The third-order valence-electron chi connectivity index (χ3n) is 9.79. The summed E-state index contributed by atoms with van der Waals surface area (Å²) in [5.74, 6) is 1.49. The van der Waals surface area contributed by atoms with Gasteiger partial charge in [0.25, 0.3) is 0 Å². The molecule has 0 saturated heterocycles. The number of carbonyl (C=O) groups is 2. The molecule has 302 valence electrons. The first-order valence-corrected chi connectivity index (χ1v) is 19.9. The number of benzene rings is 3. The maximum atomic E-state index is 13.7. The molecule has 0 fully saturated rings. The second-order valence-corrected chi connectivity index (χ2v) is 18.9. The number of ketones is 2. The zero-order chi connectivity index (χ0) is 42.5. The summed E-state index contributed by atoms with van der Waals surface area (Å²) in [6, 6.07) is 27.7. The highest BCUT2D eigenvalue weighted by Gasteiger charge is 2.36. The van der Waals surface area contributed by atoms with Gasteiger partial charge in [0, 0.05) is 44.8 Å². The van der Waals surface area contributed by atoms with E-state index in [1.807, 2.05) is 109 Å². The van der Waals surface area contributed by atoms with E-state index >= 15 is 0 Å². The predicted molar refractivity (Wildman–Crippen MR) is 242 cm³/mol. The Bertz CT molecular complexity index is 2020. The first-order valence-electron chi connectivity index (χ1n) is 19.9. The lowest BCUT2D eigenvalue weighted by molar-refractivity contribution is -0.114. The number of hydrogen-bond acceptors (Lipinski definition) is 8. The molecule has 8 heteroatoms. The van der Waals surface area contributed by atoms with E-state index in [1.54, 1.807) is 12.4 Å². The topological polar surface area (TPSA) is 107 Å². The highest BCUT2D eigenvalue weighted by molar-refractivity contribution is 6.12. The normalized spacial score (nSPS) is 15.5. The Labute approximate surface area is 345 Å². The number of para-hydroxylation sites is 2. The first-order chi connectivity index (χ1) is 27.1. The van der Waals surface area contributed by atoms with Crippen LogP contribution in [0.1, 0.15) is 94.2 Å². The molecule has 8 nitrogen and oxygen atoms in total. The Balaban J connectivity index is 1.42. The number of hydrogen-bond donors (Lipinski definition) is 4. The van der Waals surface area contributed by atoms with Crippen LogP contribution >= 0.6 is 0 Å². The number of rotatable bonds is 10. The number of hydrazone groups is 2. The van der Waals surface area contributed by atoms with Gasteiger partial charge in [-0.1, -0.05) is 144 Å². The van der Waals surface area contributed by atoms with Crippen molar-refractivity contribution in [2.24, 2.45) is 31.9 Å². The molecule has 4 N–H and O–H groups in total. The van der Waals surface area contributed by atoms with Crippen LogP contribution in [0.5, 0.6) is 0 Å². The Hall–Kier alpha value is -6.02. The van der Waals surface area contributed by atoms with Crippen molar-refractivity contribution in [3.63, 3.8) is 0 Å². The van der Waals surface area contributed by atoms with E-state index in [4.69, 9.17) is 0 Å². The van der Waals surface area contributed by atoms with Crippen molar-refractivity contribution < 1.29 is 9.59 Å². The van der Waals surface area contributed by atoms with E-state index in [0.717, 1.165) is 55.9 Å². The molecule has 0 unspecified atom stereocenters. The zero-order valence-corrected chi connectivity index (χ0v) is 36.3. The molecule has 0 aliphatic heterocycles. The summed E-state index contributed by atoms with van der Waals surface area (Å²) in [5.41, 5.74) is 13.4. The maximum absolute atomic E-state index is 13.7.